The molecule has 4 rings (SSSR count). The maximum Gasteiger partial charge on any atom is 0.238 e. The highest BCUT2D eigenvalue weighted by Gasteiger charge is 2.22. The monoisotopic (exact) mass is 499 g/mol. The van der Waals surface area contributed by atoms with Gasteiger partial charge in [-0.25, -0.2) is 0 Å². The van der Waals surface area contributed by atoms with E-state index in [9.17, 15) is 4.79 Å². The van der Waals surface area contributed by atoms with Crippen LogP contribution in [0, 0.1) is 5.92 Å². The van der Waals surface area contributed by atoms with E-state index in [4.69, 9.17) is 4.74 Å². The van der Waals surface area contributed by atoms with Gasteiger partial charge in [-0.3, -0.25) is 4.79 Å². The topological polar surface area (TPSA) is 62.4 Å². The van der Waals surface area contributed by atoms with Crippen LogP contribution in [0.25, 0.3) is 0 Å². The van der Waals surface area contributed by atoms with Gasteiger partial charge in [0.1, 0.15) is 11.5 Å². The van der Waals surface area contributed by atoms with Crippen LogP contribution in [0.3, 0.4) is 0 Å². The summed E-state index contributed by atoms with van der Waals surface area (Å²) in [5, 5.41) is 10.2. The van der Waals surface area contributed by atoms with Crippen LogP contribution in [0.2, 0.25) is 0 Å². The Balaban J connectivity index is 1.25. The number of para-hydroxylation sites is 1. The van der Waals surface area contributed by atoms with Gasteiger partial charge >= 0.3 is 0 Å². The van der Waals surface area contributed by atoms with Crippen LogP contribution in [0.5, 0.6) is 11.5 Å². The van der Waals surface area contributed by atoms with E-state index >= 15 is 0 Å². The van der Waals surface area contributed by atoms with Crippen LogP contribution in [-0.4, -0.2) is 47.7 Å². The van der Waals surface area contributed by atoms with E-state index in [2.05, 4.69) is 16.0 Å². The number of ether oxygens (including phenoxy) is 1. The molecule has 0 aromatic heterocycles. The van der Waals surface area contributed by atoms with E-state index in [0.717, 1.165) is 46.9 Å². The highest BCUT2D eigenvalue weighted by Crippen LogP contribution is 2.27. The number of carbonyl (C=O) groups is 1. The van der Waals surface area contributed by atoms with E-state index in [1.807, 2.05) is 78.1 Å². The zero-order chi connectivity index (χ0) is 23.4. The minimum atomic E-state index is -0.165. The van der Waals surface area contributed by atoms with E-state index in [1.54, 1.807) is 0 Å². The molecule has 0 bridgehead atoms. The molecule has 1 aliphatic heterocycles. The van der Waals surface area contributed by atoms with Crippen molar-refractivity contribution in [3.05, 3.63) is 60.2 Å². The minimum Gasteiger partial charge on any atom is -0.457 e. The number of hydrogen-bond acceptors (Lipinski definition) is 6. The van der Waals surface area contributed by atoms with E-state index in [0.29, 0.717) is 12.6 Å². The van der Waals surface area contributed by atoms with Crippen LogP contribution in [-0.2, 0) is 11.3 Å². The summed E-state index contributed by atoms with van der Waals surface area (Å²) < 4.78 is 5.86. The second-order valence-corrected chi connectivity index (χ2v) is 11.3. The molecule has 0 spiro atoms. The van der Waals surface area contributed by atoms with Gasteiger partial charge in [0.2, 0.25) is 5.91 Å². The van der Waals surface area contributed by atoms with E-state index in [1.165, 1.54) is 37.9 Å². The van der Waals surface area contributed by atoms with Gasteiger partial charge in [0.25, 0.3) is 0 Å². The summed E-state index contributed by atoms with van der Waals surface area (Å²) in [5.41, 5.74) is 1.07. The van der Waals surface area contributed by atoms with E-state index < -0.39 is 0 Å². The Kier molecular flexibility index (Phi) is 10.5. The normalized spacial score (nSPS) is 19.6. The molecule has 184 valence electrons. The number of benzene rings is 2. The molecule has 34 heavy (non-hydrogen) atoms. The molecular formula is C27H37N3O2S2. The average molecular weight is 500 g/mol. The van der Waals surface area contributed by atoms with E-state index in [-0.39, 0.29) is 11.9 Å². The summed E-state index contributed by atoms with van der Waals surface area (Å²) in [6.07, 6.45) is 6.83. The fraction of sp³-hybridized carbons (Fsp3) is 0.519. The summed E-state index contributed by atoms with van der Waals surface area (Å²) in [7, 11) is 0. The van der Waals surface area contributed by atoms with Gasteiger partial charge < -0.3 is 20.7 Å². The molecule has 2 aromatic carbocycles. The molecule has 1 aliphatic carbocycles. The van der Waals surface area contributed by atoms with Crippen LogP contribution in [0.4, 0.5) is 0 Å². The molecule has 1 saturated carbocycles. The Labute approximate surface area is 212 Å². The van der Waals surface area contributed by atoms with Crippen molar-refractivity contribution >= 4 is 29.4 Å². The first-order valence-electron chi connectivity index (χ1n) is 12.5. The summed E-state index contributed by atoms with van der Waals surface area (Å²) in [6.45, 7) is 1.36. The predicted octanol–water partition coefficient (Wildman–Crippen LogP) is 5.03. The molecule has 2 aromatic rings. The maximum absolute atomic E-state index is 13.1. The standard InChI is InChI=1S/C27H37N3O2S2/c31-27(29-15-21-11-13-25(14-12-21)32-24-9-5-2-6-10-24)26(28-16-23-18-34-20-30-23)19-33-17-22-7-3-1-4-8-22/h2,5-6,9-14,22-23,26,28,30H,1,3-4,7-8,15-20H2,(H,29,31)/t23-,26+/m1/s1. The lowest BCUT2D eigenvalue weighted by Crippen LogP contribution is -2.49. The summed E-state index contributed by atoms with van der Waals surface area (Å²) in [4.78, 5) is 13.1. The fourth-order valence-electron chi connectivity index (χ4n) is 4.40. The lowest BCUT2D eigenvalue weighted by Gasteiger charge is -2.23. The third-order valence-corrected chi connectivity index (χ3v) is 8.74. The lowest BCUT2D eigenvalue weighted by molar-refractivity contribution is -0.122. The number of hydrogen-bond donors (Lipinski definition) is 3. The van der Waals surface area contributed by atoms with Crippen LogP contribution >= 0.6 is 23.5 Å². The zero-order valence-corrected chi connectivity index (χ0v) is 21.5. The molecule has 1 amide bonds. The van der Waals surface area contributed by atoms with Gasteiger partial charge in [-0.1, -0.05) is 49.6 Å². The van der Waals surface area contributed by atoms with Gasteiger partial charge in [0, 0.05) is 36.5 Å². The lowest BCUT2D eigenvalue weighted by atomic mass is 9.91. The second kappa shape index (κ2) is 14.0. The van der Waals surface area contributed by atoms with Gasteiger partial charge in [-0.15, -0.1) is 11.8 Å². The van der Waals surface area contributed by atoms with Crippen molar-refractivity contribution in [2.24, 2.45) is 5.92 Å². The van der Waals surface area contributed by atoms with Crippen molar-refractivity contribution in [1.29, 1.82) is 0 Å². The summed E-state index contributed by atoms with van der Waals surface area (Å²) in [5.74, 6) is 6.63. The Morgan fingerprint density at radius 3 is 2.56 bits per heavy atom. The van der Waals surface area contributed by atoms with Crippen molar-refractivity contribution in [2.45, 2.75) is 50.7 Å². The molecule has 7 heteroatoms. The van der Waals surface area contributed by atoms with Crippen LogP contribution in [0.15, 0.2) is 54.6 Å². The van der Waals surface area contributed by atoms with Gasteiger partial charge in [-0.2, -0.15) is 11.8 Å². The third-order valence-electron chi connectivity index (χ3n) is 6.45. The SMILES string of the molecule is O=C(NCc1ccc(Oc2ccccc2)cc1)[C@H](CSCC1CCCCC1)NC[C@@H]1CSCN1. The Hall–Kier alpha value is -1.67. The molecule has 2 aliphatic rings. The molecule has 0 unspecified atom stereocenters. The van der Waals surface area contributed by atoms with Crippen molar-refractivity contribution in [1.82, 2.24) is 16.0 Å². The predicted molar refractivity (Wildman–Crippen MR) is 145 cm³/mol. The fourth-order valence-corrected chi connectivity index (χ4v) is 6.70. The Bertz CT molecular complexity index is 854. The number of nitrogens with one attached hydrogen (secondary N) is 3. The van der Waals surface area contributed by atoms with Gasteiger partial charge in [-0.05, 0) is 54.3 Å². The van der Waals surface area contributed by atoms with Crippen LogP contribution < -0.4 is 20.7 Å². The molecule has 2 fully saturated rings. The van der Waals surface area contributed by atoms with Gasteiger partial charge in [0.15, 0.2) is 0 Å². The van der Waals surface area contributed by atoms with Gasteiger partial charge in [0.05, 0.1) is 6.04 Å². The summed E-state index contributed by atoms with van der Waals surface area (Å²) in [6, 6.07) is 18.0. The molecule has 5 nitrogen and oxygen atoms in total. The second-order valence-electron chi connectivity index (χ2n) is 9.20. The molecule has 1 heterocycles. The minimum absolute atomic E-state index is 0.0893. The number of amides is 1. The number of rotatable bonds is 12. The molecule has 1 saturated heterocycles. The molecule has 3 N–H and O–H groups in total. The first-order valence-corrected chi connectivity index (χ1v) is 14.8. The molecule has 2 atom stereocenters. The Morgan fingerprint density at radius 2 is 1.82 bits per heavy atom. The Morgan fingerprint density at radius 1 is 1.06 bits per heavy atom. The van der Waals surface area contributed by atoms with Crippen molar-refractivity contribution in [2.75, 3.05) is 29.7 Å². The quantitative estimate of drug-likeness (QED) is 0.381. The summed E-state index contributed by atoms with van der Waals surface area (Å²) >= 11 is 3.86. The number of carbonyl (C=O) groups excluding carboxylic acids is 1. The maximum atomic E-state index is 13.1. The van der Waals surface area contributed by atoms with Crippen molar-refractivity contribution in [3.8, 4) is 11.5 Å². The highest BCUT2D eigenvalue weighted by atomic mass is 32.2. The number of thioether (sulfide) groups is 2. The molecule has 0 radical (unpaired) electrons. The van der Waals surface area contributed by atoms with Crippen molar-refractivity contribution < 1.29 is 9.53 Å². The highest BCUT2D eigenvalue weighted by molar-refractivity contribution is 7.99. The first-order chi connectivity index (χ1) is 16.8. The first kappa shape index (κ1) is 25.4. The average Bonchev–Trinajstić information content (AvgIpc) is 3.40. The molecular weight excluding hydrogens is 462 g/mol. The smallest absolute Gasteiger partial charge is 0.238 e. The zero-order valence-electron chi connectivity index (χ0n) is 19.8. The van der Waals surface area contributed by atoms with Crippen molar-refractivity contribution in [3.63, 3.8) is 0 Å². The third kappa shape index (κ3) is 8.52. The largest absolute Gasteiger partial charge is 0.457 e. The van der Waals surface area contributed by atoms with Crippen LogP contribution in [0.1, 0.15) is 37.7 Å².